The highest BCUT2D eigenvalue weighted by Crippen LogP contribution is 2.40. The van der Waals surface area contributed by atoms with Gasteiger partial charge in [-0.05, 0) is 82.8 Å². The molecule has 2 unspecified atom stereocenters. The molecule has 2 atom stereocenters. The number of rotatable bonds is 7. The Kier molecular flexibility index (Phi) is 7.25. The van der Waals surface area contributed by atoms with Crippen molar-refractivity contribution in [3.8, 4) is 11.5 Å². The van der Waals surface area contributed by atoms with Crippen molar-refractivity contribution in [3.05, 3.63) is 107 Å². The van der Waals surface area contributed by atoms with Gasteiger partial charge in [-0.3, -0.25) is 9.69 Å². The lowest BCUT2D eigenvalue weighted by Gasteiger charge is -2.38. The summed E-state index contributed by atoms with van der Waals surface area (Å²) in [4.78, 5) is 15.8. The van der Waals surface area contributed by atoms with Gasteiger partial charge in [0.05, 0.1) is 26.8 Å². The number of carbonyl (C=O) groups excluding carboxylic acids is 1. The first kappa shape index (κ1) is 25.4. The molecule has 6 rings (SSSR count). The molecule has 0 aromatic heterocycles. The van der Waals surface area contributed by atoms with Crippen LogP contribution in [0.15, 0.2) is 78.9 Å². The van der Waals surface area contributed by atoms with E-state index in [-0.39, 0.29) is 18.0 Å². The molecule has 1 N–H and O–H groups in total. The Hall–Kier alpha value is -3.83. The van der Waals surface area contributed by atoms with Gasteiger partial charge >= 0.3 is 0 Å². The third-order valence-electron chi connectivity index (χ3n) is 8.41. The van der Waals surface area contributed by atoms with Crippen molar-refractivity contribution < 1.29 is 14.3 Å². The van der Waals surface area contributed by atoms with Gasteiger partial charge in [0, 0.05) is 12.6 Å². The van der Waals surface area contributed by atoms with Crippen LogP contribution in [-0.4, -0.2) is 38.1 Å². The summed E-state index contributed by atoms with van der Waals surface area (Å²) < 4.78 is 11.3. The van der Waals surface area contributed by atoms with E-state index in [9.17, 15) is 4.79 Å². The second-order valence-electron chi connectivity index (χ2n) is 10.7. The van der Waals surface area contributed by atoms with E-state index in [0.717, 1.165) is 50.1 Å². The summed E-state index contributed by atoms with van der Waals surface area (Å²) in [5, 5.41) is 5.84. The number of aryl methyl sites for hydroxylation is 1. The Morgan fingerprint density at radius 2 is 1.62 bits per heavy atom. The molecule has 0 saturated heterocycles. The van der Waals surface area contributed by atoms with Crippen LogP contribution in [0.4, 0.5) is 0 Å². The first-order valence-electron chi connectivity index (χ1n) is 14.0. The summed E-state index contributed by atoms with van der Waals surface area (Å²) in [6, 6.07) is 28.0. The van der Waals surface area contributed by atoms with Gasteiger partial charge in [0.15, 0.2) is 11.5 Å². The molecule has 2 aliphatic rings. The van der Waals surface area contributed by atoms with Crippen LogP contribution < -0.4 is 14.8 Å². The van der Waals surface area contributed by atoms with E-state index >= 15 is 0 Å². The van der Waals surface area contributed by atoms with Crippen LogP contribution in [0, 0.1) is 0 Å². The maximum atomic E-state index is 13.5. The van der Waals surface area contributed by atoms with E-state index < -0.39 is 0 Å². The van der Waals surface area contributed by atoms with E-state index in [0.29, 0.717) is 6.54 Å². The molecule has 39 heavy (non-hydrogen) atoms. The number of hydrogen-bond donors (Lipinski definition) is 1. The Morgan fingerprint density at radius 3 is 2.46 bits per heavy atom. The highest BCUT2D eigenvalue weighted by molar-refractivity contribution is 5.83. The molecule has 0 saturated carbocycles. The number of nitrogens with zero attached hydrogens (tertiary/aromatic N) is 1. The molecule has 0 bridgehead atoms. The minimum atomic E-state index is 0.0547. The fourth-order valence-corrected chi connectivity index (χ4v) is 6.43. The van der Waals surface area contributed by atoms with Gasteiger partial charge in [0.2, 0.25) is 5.91 Å². The van der Waals surface area contributed by atoms with Gasteiger partial charge < -0.3 is 14.8 Å². The minimum absolute atomic E-state index is 0.0547. The molecule has 0 radical (unpaired) electrons. The number of carbonyl (C=O) groups is 1. The smallest absolute Gasteiger partial charge is 0.234 e. The summed E-state index contributed by atoms with van der Waals surface area (Å²) in [7, 11) is 3.36. The van der Waals surface area contributed by atoms with Gasteiger partial charge in [0.25, 0.3) is 0 Å². The van der Waals surface area contributed by atoms with Crippen LogP contribution in [-0.2, 0) is 24.1 Å². The molecular formula is C34H36N2O3. The normalized spacial score (nSPS) is 18.7. The average Bonchev–Trinajstić information content (AvgIpc) is 2.97. The number of fused-ring (bicyclic) bond motifs is 3. The Bertz CT molecular complexity index is 1500. The first-order chi connectivity index (χ1) is 19.1. The van der Waals surface area contributed by atoms with Gasteiger partial charge in [-0.1, -0.05) is 66.7 Å². The van der Waals surface area contributed by atoms with Gasteiger partial charge in [0.1, 0.15) is 0 Å². The molecule has 1 amide bonds. The Labute approximate surface area is 230 Å². The lowest BCUT2D eigenvalue weighted by molar-refractivity contribution is -0.123. The van der Waals surface area contributed by atoms with Crippen molar-refractivity contribution in [3.63, 3.8) is 0 Å². The molecule has 5 heteroatoms. The number of amides is 1. The van der Waals surface area contributed by atoms with Crippen LogP contribution in [0.25, 0.3) is 10.8 Å². The van der Waals surface area contributed by atoms with E-state index in [4.69, 9.17) is 9.47 Å². The number of ether oxygens (including phenoxy) is 2. The molecule has 1 aliphatic heterocycles. The van der Waals surface area contributed by atoms with Crippen molar-refractivity contribution >= 4 is 16.7 Å². The number of hydrogen-bond acceptors (Lipinski definition) is 4. The fourth-order valence-electron chi connectivity index (χ4n) is 6.43. The third-order valence-corrected chi connectivity index (χ3v) is 8.41. The summed E-state index contributed by atoms with van der Waals surface area (Å²) in [6.07, 6.45) is 4.86. The zero-order valence-electron chi connectivity index (χ0n) is 22.8. The predicted octanol–water partition coefficient (Wildman–Crippen LogP) is 6.19. The molecule has 1 heterocycles. The zero-order chi connectivity index (χ0) is 26.8. The second kappa shape index (κ2) is 11.1. The lowest BCUT2D eigenvalue weighted by atomic mass is 9.87. The Balaban J connectivity index is 1.29. The highest BCUT2D eigenvalue weighted by atomic mass is 16.5. The molecular weight excluding hydrogens is 484 g/mol. The van der Waals surface area contributed by atoms with Crippen molar-refractivity contribution in [1.29, 1.82) is 0 Å². The van der Waals surface area contributed by atoms with Gasteiger partial charge in [-0.15, -0.1) is 0 Å². The fraction of sp³-hybridized carbons (Fsp3) is 0.324. The van der Waals surface area contributed by atoms with Crippen LogP contribution in [0.1, 0.15) is 52.7 Å². The van der Waals surface area contributed by atoms with Crippen LogP contribution in [0.2, 0.25) is 0 Å². The van der Waals surface area contributed by atoms with Crippen molar-refractivity contribution in [2.45, 2.75) is 44.2 Å². The molecule has 200 valence electrons. The van der Waals surface area contributed by atoms with Crippen molar-refractivity contribution in [2.24, 2.45) is 0 Å². The summed E-state index contributed by atoms with van der Waals surface area (Å²) in [6.45, 7) is 1.18. The largest absolute Gasteiger partial charge is 0.493 e. The monoisotopic (exact) mass is 520 g/mol. The molecule has 0 spiro atoms. The summed E-state index contributed by atoms with van der Waals surface area (Å²) in [5.74, 6) is 1.57. The topological polar surface area (TPSA) is 50.8 Å². The van der Waals surface area contributed by atoms with Crippen molar-refractivity contribution in [2.75, 3.05) is 27.3 Å². The van der Waals surface area contributed by atoms with Gasteiger partial charge in [-0.2, -0.15) is 0 Å². The maximum Gasteiger partial charge on any atom is 0.234 e. The standard InChI is InChI=1S/C34H36N2O3/c1-38-32-20-27-16-17-36(22-34(37)35-30-13-7-11-25-9-5-6-12-28(25)30)31(29(27)21-33(32)39-2)19-23-14-15-24-8-3-4-10-26(24)18-23/h3-6,8-10,12,14-15,18,20-21,30-31H,7,11,13,16-17,19,22H2,1-2H3,(H,35,37). The van der Waals surface area contributed by atoms with Crippen LogP contribution >= 0.6 is 0 Å². The van der Waals surface area contributed by atoms with E-state index in [2.05, 4.69) is 89.1 Å². The second-order valence-corrected chi connectivity index (χ2v) is 10.7. The SMILES string of the molecule is COc1cc2c(cc1OC)C(Cc1ccc3ccccc3c1)N(CC(=O)NC1CCCc3ccccc31)CC2. The minimum Gasteiger partial charge on any atom is -0.493 e. The maximum absolute atomic E-state index is 13.5. The van der Waals surface area contributed by atoms with E-state index in [1.807, 2.05) is 0 Å². The number of benzene rings is 4. The molecule has 4 aromatic carbocycles. The van der Waals surface area contributed by atoms with Gasteiger partial charge in [-0.25, -0.2) is 0 Å². The quantitative estimate of drug-likeness (QED) is 0.316. The van der Waals surface area contributed by atoms with Crippen molar-refractivity contribution in [1.82, 2.24) is 10.2 Å². The zero-order valence-corrected chi connectivity index (χ0v) is 22.8. The predicted molar refractivity (Wildman–Crippen MR) is 155 cm³/mol. The summed E-state index contributed by atoms with van der Waals surface area (Å²) >= 11 is 0. The first-order valence-corrected chi connectivity index (χ1v) is 14.0. The molecule has 4 aromatic rings. The molecule has 1 aliphatic carbocycles. The average molecular weight is 521 g/mol. The van der Waals surface area contributed by atoms with Crippen LogP contribution in [0.3, 0.4) is 0 Å². The Morgan fingerprint density at radius 1 is 0.846 bits per heavy atom. The number of nitrogens with one attached hydrogen (secondary N) is 1. The summed E-state index contributed by atoms with van der Waals surface area (Å²) in [5.41, 5.74) is 6.36. The van der Waals surface area contributed by atoms with Crippen LogP contribution in [0.5, 0.6) is 11.5 Å². The third kappa shape index (κ3) is 5.24. The van der Waals surface area contributed by atoms with E-state index in [1.54, 1.807) is 14.2 Å². The lowest BCUT2D eigenvalue weighted by Crippen LogP contribution is -2.44. The van der Waals surface area contributed by atoms with E-state index in [1.165, 1.54) is 38.6 Å². The number of methoxy groups -OCH3 is 2. The molecule has 5 nitrogen and oxygen atoms in total. The molecule has 0 fully saturated rings. The highest BCUT2D eigenvalue weighted by Gasteiger charge is 2.31.